The highest BCUT2D eigenvalue weighted by Crippen LogP contribution is 2.49. The Bertz CT molecular complexity index is 970. The van der Waals surface area contributed by atoms with Crippen molar-refractivity contribution in [3.63, 3.8) is 0 Å². The van der Waals surface area contributed by atoms with E-state index in [0.717, 1.165) is 12.1 Å². The average Bonchev–Trinajstić information content (AvgIpc) is 3.19. The van der Waals surface area contributed by atoms with Crippen LogP contribution in [-0.4, -0.2) is 17.9 Å². The maximum absolute atomic E-state index is 14.0. The van der Waals surface area contributed by atoms with Crippen molar-refractivity contribution in [2.75, 3.05) is 0 Å². The van der Waals surface area contributed by atoms with Crippen LogP contribution in [0, 0.1) is 0 Å². The first-order valence-electron chi connectivity index (χ1n) is 7.78. The van der Waals surface area contributed by atoms with Crippen LogP contribution < -0.4 is 0 Å². The van der Waals surface area contributed by atoms with E-state index in [4.69, 9.17) is 32.8 Å². The van der Waals surface area contributed by atoms with E-state index in [1.54, 1.807) is 12.1 Å². The maximum Gasteiger partial charge on any atom is 0.435 e. The SMILES string of the molecule is O=C1OCc2ccc(C3=NOC(c4cc(Cl)cc(Cl)c4)(C(F)(F)F)C3)cc21. The average molecular weight is 416 g/mol. The number of cyclic esters (lactones) is 1. The molecule has 9 heteroatoms. The number of rotatable bonds is 2. The van der Waals surface area contributed by atoms with Crippen LogP contribution in [-0.2, 0) is 21.8 Å². The van der Waals surface area contributed by atoms with Gasteiger partial charge in [-0.1, -0.05) is 40.5 Å². The van der Waals surface area contributed by atoms with Crippen LogP contribution in [0.3, 0.4) is 0 Å². The van der Waals surface area contributed by atoms with E-state index in [9.17, 15) is 18.0 Å². The molecule has 140 valence electrons. The van der Waals surface area contributed by atoms with Crippen LogP contribution in [0.5, 0.6) is 0 Å². The monoisotopic (exact) mass is 415 g/mol. The number of esters is 1. The van der Waals surface area contributed by atoms with Gasteiger partial charge in [0.05, 0.1) is 11.3 Å². The highest BCUT2D eigenvalue weighted by molar-refractivity contribution is 6.34. The summed E-state index contributed by atoms with van der Waals surface area (Å²) in [4.78, 5) is 16.7. The number of carbonyl (C=O) groups is 1. The molecule has 0 aromatic heterocycles. The number of fused-ring (bicyclic) bond motifs is 1. The number of hydrogen-bond acceptors (Lipinski definition) is 4. The summed E-state index contributed by atoms with van der Waals surface area (Å²) in [5.41, 5.74) is -1.56. The topological polar surface area (TPSA) is 47.9 Å². The maximum atomic E-state index is 14.0. The lowest BCUT2D eigenvalue weighted by molar-refractivity contribution is -0.275. The Labute approximate surface area is 161 Å². The molecule has 4 nitrogen and oxygen atoms in total. The highest BCUT2D eigenvalue weighted by atomic mass is 35.5. The van der Waals surface area contributed by atoms with Gasteiger partial charge in [0.25, 0.3) is 5.60 Å². The fourth-order valence-corrected chi connectivity index (χ4v) is 3.66. The van der Waals surface area contributed by atoms with Gasteiger partial charge in [-0.25, -0.2) is 4.79 Å². The molecule has 0 bridgehead atoms. The molecule has 1 unspecified atom stereocenters. The zero-order valence-corrected chi connectivity index (χ0v) is 15.0. The molecule has 2 aromatic rings. The third-order valence-electron chi connectivity index (χ3n) is 4.54. The van der Waals surface area contributed by atoms with Gasteiger partial charge in [0.15, 0.2) is 0 Å². The molecule has 0 saturated heterocycles. The molecule has 0 fully saturated rings. The number of benzene rings is 2. The van der Waals surface area contributed by atoms with E-state index in [1.807, 2.05) is 0 Å². The summed E-state index contributed by atoms with van der Waals surface area (Å²) < 4.78 is 46.8. The number of halogens is 5. The van der Waals surface area contributed by atoms with Crippen LogP contribution in [0.4, 0.5) is 13.2 Å². The highest BCUT2D eigenvalue weighted by Gasteiger charge is 2.62. The fourth-order valence-electron chi connectivity index (χ4n) is 3.14. The Hall–Kier alpha value is -2.25. The number of carbonyl (C=O) groups excluding carboxylic acids is 1. The van der Waals surface area contributed by atoms with E-state index < -0.39 is 24.2 Å². The molecule has 2 aliphatic heterocycles. The summed E-state index contributed by atoms with van der Waals surface area (Å²) in [6, 6.07) is 8.31. The smallest absolute Gasteiger partial charge is 0.435 e. The number of hydrogen-bond donors (Lipinski definition) is 0. The third-order valence-corrected chi connectivity index (χ3v) is 4.97. The number of oxime groups is 1. The Kier molecular flexibility index (Phi) is 4.12. The summed E-state index contributed by atoms with van der Waals surface area (Å²) in [6.07, 6.45) is -5.36. The predicted molar refractivity (Wildman–Crippen MR) is 92.0 cm³/mol. The molecule has 1 atom stereocenters. The van der Waals surface area contributed by atoms with Crippen LogP contribution in [0.2, 0.25) is 10.0 Å². The number of ether oxygens (including phenoxy) is 1. The number of alkyl halides is 3. The summed E-state index contributed by atoms with van der Waals surface area (Å²) in [5.74, 6) is -0.518. The van der Waals surface area contributed by atoms with Crippen molar-refractivity contribution in [3.8, 4) is 0 Å². The van der Waals surface area contributed by atoms with Gasteiger partial charge in [-0.15, -0.1) is 0 Å². The van der Waals surface area contributed by atoms with E-state index in [0.29, 0.717) is 16.7 Å². The second kappa shape index (κ2) is 6.14. The normalized spacial score (nSPS) is 21.5. The zero-order valence-electron chi connectivity index (χ0n) is 13.4. The molecular weight excluding hydrogens is 406 g/mol. The van der Waals surface area contributed by atoms with E-state index in [-0.39, 0.29) is 27.9 Å². The largest absolute Gasteiger partial charge is 0.457 e. The van der Waals surface area contributed by atoms with Crippen molar-refractivity contribution in [1.82, 2.24) is 0 Å². The molecule has 2 heterocycles. The first-order valence-corrected chi connectivity index (χ1v) is 8.54. The van der Waals surface area contributed by atoms with Crippen molar-refractivity contribution in [1.29, 1.82) is 0 Å². The van der Waals surface area contributed by atoms with Crippen molar-refractivity contribution >= 4 is 34.9 Å². The molecule has 0 radical (unpaired) electrons. The molecule has 0 amide bonds. The minimum absolute atomic E-state index is 0.0541. The second-order valence-electron chi connectivity index (χ2n) is 6.24. The second-order valence-corrected chi connectivity index (χ2v) is 7.11. The lowest BCUT2D eigenvalue weighted by Gasteiger charge is -2.29. The predicted octanol–water partition coefficient (Wildman–Crippen LogP) is 5.25. The zero-order chi connectivity index (χ0) is 19.4. The van der Waals surface area contributed by atoms with Crippen molar-refractivity contribution in [2.45, 2.75) is 24.8 Å². The van der Waals surface area contributed by atoms with Crippen molar-refractivity contribution in [2.24, 2.45) is 5.16 Å². The summed E-state index contributed by atoms with van der Waals surface area (Å²) in [6.45, 7) is 0.144. The molecule has 2 aliphatic rings. The van der Waals surface area contributed by atoms with Gasteiger partial charge in [0.1, 0.15) is 6.61 Å². The van der Waals surface area contributed by atoms with Gasteiger partial charge >= 0.3 is 12.1 Å². The van der Waals surface area contributed by atoms with E-state index in [2.05, 4.69) is 5.16 Å². The quantitative estimate of drug-likeness (QED) is 0.629. The van der Waals surface area contributed by atoms with Gasteiger partial charge in [-0.2, -0.15) is 13.2 Å². The first-order chi connectivity index (χ1) is 12.7. The van der Waals surface area contributed by atoms with Crippen LogP contribution >= 0.6 is 23.2 Å². The standard InChI is InChI=1S/C18H10Cl2F3NO3/c19-12-4-11(5-13(20)6-12)17(18(21,22)23)7-15(24-27-17)9-1-2-10-8-26-16(25)14(10)3-9/h1-6H,7-8H2. The minimum atomic E-state index is -4.78. The van der Waals surface area contributed by atoms with Crippen molar-refractivity contribution < 1.29 is 27.5 Å². The molecule has 0 aliphatic carbocycles. The fraction of sp³-hybridized carbons (Fsp3) is 0.222. The summed E-state index contributed by atoms with van der Waals surface area (Å²) in [7, 11) is 0. The van der Waals surface area contributed by atoms with Gasteiger partial charge in [-0.05, 0) is 24.3 Å². The third kappa shape index (κ3) is 2.95. The molecule has 2 aromatic carbocycles. The minimum Gasteiger partial charge on any atom is -0.457 e. The van der Waals surface area contributed by atoms with Gasteiger partial charge < -0.3 is 9.57 Å². The van der Waals surface area contributed by atoms with Crippen LogP contribution in [0.25, 0.3) is 0 Å². The molecule has 0 N–H and O–H groups in total. The number of nitrogens with zero attached hydrogens (tertiary/aromatic N) is 1. The Morgan fingerprint density at radius 2 is 1.78 bits per heavy atom. The van der Waals surface area contributed by atoms with Crippen molar-refractivity contribution in [3.05, 3.63) is 68.7 Å². The van der Waals surface area contributed by atoms with Gasteiger partial charge in [0.2, 0.25) is 0 Å². The summed E-state index contributed by atoms with van der Waals surface area (Å²) in [5, 5.41) is 3.78. The molecule has 0 saturated carbocycles. The Morgan fingerprint density at radius 3 is 2.44 bits per heavy atom. The Balaban J connectivity index is 1.74. The Morgan fingerprint density at radius 1 is 1.07 bits per heavy atom. The molecule has 4 rings (SSSR count). The molecular formula is C18H10Cl2F3NO3. The van der Waals surface area contributed by atoms with Gasteiger partial charge in [-0.3, -0.25) is 0 Å². The lowest BCUT2D eigenvalue weighted by Crippen LogP contribution is -2.42. The van der Waals surface area contributed by atoms with E-state index >= 15 is 0 Å². The lowest BCUT2D eigenvalue weighted by atomic mass is 9.86. The summed E-state index contributed by atoms with van der Waals surface area (Å²) >= 11 is 11.8. The van der Waals surface area contributed by atoms with Crippen LogP contribution in [0.1, 0.15) is 33.5 Å². The molecule has 0 spiro atoms. The van der Waals surface area contributed by atoms with E-state index in [1.165, 1.54) is 12.1 Å². The van der Waals surface area contributed by atoms with Gasteiger partial charge in [0, 0.05) is 33.2 Å². The first kappa shape index (κ1) is 18.1. The molecule has 27 heavy (non-hydrogen) atoms. The van der Waals surface area contributed by atoms with Crippen LogP contribution in [0.15, 0.2) is 41.6 Å².